The van der Waals surface area contributed by atoms with Crippen LogP contribution in [0.15, 0.2) is 71.3 Å². The lowest BCUT2D eigenvalue weighted by Crippen LogP contribution is -2.30. The van der Waals surface area contributed by atoms with Crippen molar-refractivity contribution in [3.8, 4) is 0 Å². The summed E-state index contributed by atoms with van der Waals surface area (Å²) in [4.78, 5) is 18.5. The van der Waals surface area contributed by atoms with Crippen LogP contribution in [0.5, 0.6) is 0 Å². The van der Waals surface area contributed by atoms with Crippen LogP contribution in [0.25, 0.3) is 0 Å². The molecule has 3 aromatic rings. The Balaban J connectivity index is 1.84. The van der Waals surface area contributed by atoms with Gasteiger partial charge in [-0.1, -0.05) is 60.7 Å². The van der Waals surface area contributed by atoms with Crippen molar-refractivity contribution in [3.05, 3.63) is 89.6 Å². The molecule has 0 aliphatic carbocycles. The van der Waals surface area contributed by atoms with Crippen molar-refractivity contribution in [2.75, 3.05) is 0 Å². The SMILES string of the molecule is Cc1cnc(C(=O)N(Cc2ccccc2)Cc2ccccc2)o1. The average Bonchev–Trinajstić information content (AvgIpc) is 3.02. The molecule has 0 saturated heterocycles. The van der Waals surface area contributed by atoms with E-state index in [4.69, 9.17) is 4.42 Å². The largest absolute Gasteiger partial charge is 0.438 e. The molecule has 0 aliphatic heterocycles. The zero-order valence-electron chi connectivity index (χ0n) is 13.0. The molecule has 0 fully saturated rings. The summed E-state index contributed by atoms with van der Waals surface area (Å²) in [5, 5.41) is 0. The van der Waals surface area contributed by atoms with Crippen LogP contribution in [0.1, 0.15) is 27.6 Å². The van der Waals surface area contributed by atoms with Crippen molar-refractivity contribution in [2.45, 2.75) is 20.0 Å². The molecule has 4 heteroatoms. The van der Waals surface area contributed by atoms with Gasteiger partial charge < -0.3 is 9.32 Å². The fourth-order valence-electron chi connectivity index (χ4n) is 2.40. The van der Waals surface area contributed by atoms with Gasteiger partial charge in [-0.3, -0.25) is 4.79 Å². The van der Waals surface area contributed by atoms with Crippen LogP contribution < -0.4 is 0 Å². The average molecular weight is 306 g/mol. The molecule has 0 spiro atoms. The normalized spacial score (nSPS) is 10.5. The first-order valence-electron chi connectivity index (χ1n) is 7.52. The molecule has 3 rings (SSSR count). The first kappa shape index (κ1) is 15.0. The summed E-state index contributed by atoms with van der Waals surface area (Å²) in [6.45, 7) is 2.80. The molecule has 2 aromatic carbocycles. The van der Waals surface area contributed by atoms with E-state index in [-0.39, 0.29) is 11.8 Å². The molecule has 0 radical (unpaired) electrons. The van der Waals surface area contributed by atoms with E-state index in [0.29, 0.717) is 18.8 Å². The van der Waals surface area contributed by atoms with E-state index < -0.39 is 0 Å². The maximum Gasteiger partial charge on any atom is 0.310 e. The van der Waals surface area contributed by atoms with Crippen molar-refractivity contribution in [3.63, 3.8) is 0 Å². The molecule has 0 N–H and O–H groups in total. The van der Waals surface area contributed by atoms with Crippen LogP contribution >= 0.6 is 0 Å². The molecule has 0 bridgehead atoms. The zero-order valence-corrected chi connectivity index (χ0v) is 13.0. The molecule has 4 nitrogen and oxygen atoms in total. The van der Waals surface area contributed by atoms with Gasteiger partial charge in [-0.05, 0) is 18.1 Å². The number of nitrogens with zero attached hydrogens (tertiary/aromatic N) is 2. The van der Waals surface area contributed by atoms with Crippen LogP contribution in [0.2, 0.25) is 0 Å². The molecule has 1 heterocycles. The van der Waals surface area contributed by atoms with Crippen molar-refractivity contribution < 1.29 is 9.21 Å². The van der Waals surface area contributed by atoms with Gasteiger partial charge in [0.05, 0.1) is 6.20 Å². The molecule has 0 saturated carbocycles. The molecule has 0 aliphatic rings. The van der Waals surface area contributed by atoms with Gasteiger partial charge >= 0.3 is 5.91 Å². The van der Waals surface area contributed by atoms with Crippen LogP contribution in [-0.2, 0) is 13.1 Å². The van der Waals surface area contributed by atoms with E-state index in [9.17, 15) is 4.79 Å². The topological polar surface area (TPSA) is 46.3 Å². The summed E-state index contributed by atoms with van der Waals surface area (Å²) >= 11 is 0. The van der Waals surface area contributed by atoms with Gasteiger partial charge in [0.25, 0.3) is 5.89 Å². The van der Waals surface area contributed by atoms with E-state index in [1.807, 2.05) is 60.7 Å². The second kappa shape index (κ2) is 6.92. The van der Waals surface area contributed by atoms with Gasteiger partial charge in [-0.15, -0.1) is 0 Å². The maximum absolute atomic E-state index is 12.7. The third-order valence-electron chi connectivity index (χ3n) is 3.52. The predicted molar refractivity (Wildman–Crippen MR) is 87.7 cm³/mol. The number of aryl methyl sites for hydroxylation is 1. The van der Waals surface area contributed by atoms with Gasteiger partial charge in [0.15, 0.2) is 0 Å². The summed E-state index contributed by atoms with van der Waals surface area (Å²) in [5.74, 6) is 0.563. The van der Waals surface area contributed by atoms with Crippen molar-refractivity contribution >= 4 is 5.91 Å². The summed E-state index contributed by atoms with van der Waals surface area (Å²) in [6, 6.07) is 19.8. The van der Waals surface area contributed by atoms with Gasteiger partial charge in [0.2, 0.25) is 0 Å². The number of amides is 1. The fraction of sp³-hybridized carbons (Fsp3) is 0.158. The van der Waals surface area contributed by atoms with Crippen LogP contribution in [0.3, 0.4) is 0 Å². The quantitative estimate of drug-likeness (QED) is 0.720. The Morgan fingerprint density at radius 2 is 1.48 bits per heavy atom. The second-order valence-corrected chi connectivity index (χ2v) is 5.41. The minimum absolute atomic E-state index is 0.134. The lowest BCUT2D eigenvalue weighted by Gasteiger charge is -2.21. The Bertz CT molecular complexity index is 725. The molecule has 0 unspecified atom stereocenters. The lowest BCUT2D eigenvalue weighted by atomic mass is 10.1. The van der Waals surface area contributed by atoms with Gasteiger partial charge in [-0.2, -0.15) is 0 Å². The smallest absolute Gasteiger partial charge is 0.310 e. The first-order chi connectivity index (χ1) is 11.2. The molecule has 1 aromatic heterocycles. The lowest BCUT2D eigenvalue weighted by molar-refractivity contribution is 0.0688. The first-order valence-corrected chi connectivity index (χ1v) is 7.52. The highest BCUT2D eigenvalue weighted by Gasteiger charge is 2.21. The Morgan fingerprint density at radius 3 is 1.91 bits per heavy atom. The minimum Gasteiger partial charge on any atom is -0.438 e. The second-order valence-electron chi connectivity index (χ2n) is 5.41. The van der Waals surface area contributed by atoms with E-state index in [1.54, 1.807) is 18.0 Å². The van der Waals surface area contributed by atoms with Crippen molar-refractivity contribution in [1.82, 2.24) is 9.88 Å². The Kier molecular flexibility index (Phi) is 4.52. The monoisotopic (exact) mass is 306 g/mol. The molecular weight excluding hydrogens is 288 g/mol. The summed E-state index contributed by atoms with van der Waals surface area (Å²) in [7, 11) is 0. The third-order valence-corrected chi connectivity index (χ3v) is 3.52. The summed E-state index contributed by atoms with van der Waals surface area (Å²) in [6.07, 6.45) is 1.57. The molecule has 0 atom stereocenters. The van der Waals surface area contributed by atoms with Crippen LogP contribution in [-0.4, -0.2) is 15.8 Å². The minimum atomic E-state index is -0.203. The highest BCUT2D eigenvalue weighted by molar-refractivity contribution is 5.89. The number of hydrogen-bond acceptors (Lipinski definition) is 3. The molecule has 116 valence electrons. The van der Waals surface area contributed by atoms with Crippen LogP contribution in [0, 0.1) is 6.92 Å². The van der Waals surface area contributed by atoms with Gasteiger partial charge in [0.1, 0.15) is 5.76 Å². The van der Waals surface area contributed by atoms with Gasteiger partial charge in [0, 0.05) is 13.1 Å². The van der Waals surface area contributed by atoms with E-state index in [0.717, 1.165) is 11.1 Å². The van der Waals surface area contributed by atoms with E-state index >= 15 is 0 Å². The number of oxazole rings is 1. The number of carbonyl (C=O) groups excluding carboxylic acids is 1. The summed E-state index contributed by atoms with van der Waals surface area (Å²) in [5.41, 5.74) is 2.14. The van der Waals surface area contributed by atoms with Gasteiger partial charge in [-0.25, -0.2) is 4.98 Å². The Hall–Kier alpha value is -2.88. The van der Waals surface area contributed by atoms with Crippen molar-refractivity contribution in [2.24, 2.45) is 0 Å². The highest BCUT2D eigenvalue weighted by atomic mass is 16.4. The highest BCUT2D eigenvalue weighted by Crippen LogP contribution is 2.14. The van der Waals surface area contributed by atoms with Crippen LogP contribution in [0.4, 0.5) is 0 Å². The number of aromatic nitrogens is 1. The van der Waals surface area contributed by atoms with Crippen molar-refractivity contribution in [1.29, 1.82) is 0 Å². The Morgan fingerprint density at radius 1 is 0.957 bits per heavy atom. The zero-order chi connectivity index (χ0) is 16.1. The Labute approximate surface area is 135 Å². The number of carbonyl (C=O) groups is 1. The third kappa shape index (κ3) is 3.86. The molecule has 23 heavy (non-hydrogen) atoms. The number of rotatable bonds is 5. The fourth-order valence-corrected chi connectivity index (χ4v) is 2.40. The number of benzene rings is 2. The molecule has 1 amide bonds. The number of hydrogen-bond donors (Lipinski definition) is 0. The molecular formula is C19H18N2O2. The summed E-state index contributed by atoms with van der Waals surface area (Å²) < 4.78 is 5.40. The van der Waals surface area contributed by atoms with E-state index in [1.165, 1.54) is 0 Å². The maximum atomic E-state index is 12.7. The predicted octanol–water partition coefficient (Wildman–Crippen LogP) is 3.83. The standard InChI is InChI=1S/C19H18N2O2/c1-15-12-20-18(23-15)19(22)21(13-16-8-4-2-5-9-16)14-17-10-6-3-7-11-17/h2-12H,13-14H2,1H3. The van der Waals surface area contributed by atoms with E-state index in [2.05, 4.69) is 4.98 Å².